The number of rotatable bonds is 6. The van der Waals surface area contributed by atoms with Gasteiger partial charge in [0.2, 0.25) is 0 Å². The highest BCUT2D eigenvalue weighted by atomic mass is 16.4. The Morgan fingerprint density at radius 1 is 1.33 bits per heavy atom. The monoisotopic (exact) mass is 286 g/mol. The number of carbonyl (C=O) groups is 1. The van der Waals surface area contributed by atoms with Gasteiger partial charge in [-0.15, -0.1) is 0 Å². The Kier molecular flexibility index (Phi) is 4.95. The molecule has 1 aromatic heterocycles. The van der Waals surface area contributed by atoms with E-state index in [9.17, 15) is 9.59 Å². The molecule has 7 nitrogen and oxygen atoms in total. The Balaban J connectivity index is 2.00. The van der Waals surface area contributed by atoms with Crippen LogP contribution in [0.3, 0.4) is 0 Å². The van der Waals surface area contributed by atoms with Gasteiger partial charge >= 0.3 is 5.63 Å². The molecule has 2 rings (SSSR count). The van der Waals surface area contributed by atoms with Gasteiger partial charge in [0.15, 0.2) is 0 Å². The minimum Gasteiger partial charge on any atom is -0.422 e. The quantitative estimate of drug-likeness (QED) is 0.290. The van der Waals surface area contributed by atoms with Crippen molar-refractivity contribution in [3.63, 3.8) is 0 Å². The van der Waals surface area contributed by atoms with E-state index >= 15 is 0 Å². The summed E-state index contributed by atoms with van der Waals surface area (Å²) in [7, 11) is 0. The van der Waals surface area contributed by atoms with E-state index < -0.39 is 11.5 Å². The molecule has 0 bridgehead atoms. The molecule has 1 N–H and O–H groups in total. The largest absolute Gasteiger partial charge is 0.422 e. The highest BCUT2D eigenvalue weighted by molar-refractivity contribution is 5.96. The lowest BCUT2D eigenvalue weighted by Crippen LogP contribution is -2.29. The molecule has 108 valence electrons. The molecule has 0 saturated carbocycles. The fourth-order valence-corrected chi connectivity index (χ4v) is 1.87. The lowest BCUT2D eigenvalue weighted by molar-refractivity contribution is 0.0949. The number of nitrogens with zero attached hydrogens (tertiary/aromatic N) is 3. The predicted octanol–water partition coefficient (Wildman–Crippen LogP) is 2.61. The summed E-state index contributed by atoms with van der Waals surface area (Å²) in [5.74, 6) is -0.460. The Morgan fingerprint density at radius 3 is 2.95 bits per heavy atom. The van der Waals surface area contributed by atoms with E-state index in [4.69, 9.17) is 9.95 Å². The topological polar surface area (TPSA) is 108 Å². The van der Waals surface area contributed by atoms with E-state index in [2.05, 4.69) is 15.3 Å². The van der Waals surface area contributed by atoms with Crippen molar-refractivity contribution in [2.45, 2.75) is 12.8 Å². The standard InChI is InChI=1S/C14H14N4O3/c15-18-17-8-4-3-7-16-13(19)11-9-10-5-1-2-6-12(10)21-14(11)20/h1-2,5-6,9H,3-4,7-8H2,(H,16,19). The highest BCUT2D eigenvalue weighted by Gasteiger charge is 2.12. The van der Waals surface area contributed by atoms with Gasteiger partial charge in [0.1, 0.15) is 11.1 Å². The molecule has 0 radical (unpaired) electrons. The van der Waals surface area contributed by atoms with Gasteiger partial charge in [-0.3, -0.25) is 4.79 Å². The number of amides is 1. The molecule has 7 heteroatoms. The molecule has 1 heterocycles. The van der Waals surface area contributed by atoms with Crippen LogP contribution in [0.4, 0.5) is 0 Å². The van der Waals surface area contributed by atoms with Crippen LogP contribution in [0.15, 0.2) is 44.7 Å². The lowest BCUT2D eigenvalue weighted by Gasteiger charge is -2.04. The highest BCUT2D eigenvalue weighted by Crippen LogP contribution is 2.12. The fourth-order valence-electron chi connectivity index (χ4n) is 1.87. The van der Waals surface area contributed by atoms with E-state index in [0.717, 1.165) is 0 Å². The Bertz CT molecular complexity index is 747. The van der Waals surface area contributed by atoms with Crippen LogP contribution < -0.4 is 10.9 Å². The third-order valence-electron chi connectivity index (χ3n) is 2.92. The zero-order valence-corrected chi connectivity index (χ0v) is 11.3. The number of carbonyl (C=O) groups excluding carboxylic acids is 1. The van der Waals surface area contributed by atoms with Crippen LogP contribution in [0, 0.1) is 0 Å². The molecule has 0 aliphatic heterocycles. The van der Waals surface area contributed by atoms with Crippen molar-refractivity contribution in [2.75, 3.05) is 13.1 Å². The van der Waals surface area contributed by atoms with E-state index in [0.29, 0.717) is 36.9 Å². The van der Waals surface area contributed by atoms with Gasteiger partial charge < -0.3 is 9.73 Å². The third-order valence-corrected chi connectivity index (χ3v) is 2.92. The number of hydrogen-bond acceptors (Lipinski definition) is 4. The number of azide groups is 1. The van der Waals surface area contributed by atoms with Crippen molar-refractivity contribution in [3.05, 3.63) is 56.8 Å². The molecule has 0 saturated heterocycles. The van der Waals surface area contributed by atoms with E-state index in [-0.39, 0.29) is 5.56 Å². The maximum absolute atomic E-state index is 11.9. The minimum absolute atomic E-state index is 0.0104. The smallest absolute Gasteiger partial charge is 0.349 e. The van der Waals surface area contributed by atoms with E-state index in [1.165, 1.54) is 6.07 Å². The molecule has 1 aromatic carbocycles. The number of para-hydroxylation sites is 1. The van der Waals surface area contributed by atoms with Crippen LogP contribution in [-0.4, -0.2) is 19.0 Å². The molecule has 0 atom stereocenters. The van der Waals surface area contributed by atoms with Crippen molar-refractivity contribution in [1.29, 1.82) is 0 Å². The maximum Gasteiger partial charge on any atom is 0.349 e. The average molecular weight is 286 g/mol. The van der Waals surface area contributed by atoms with Crippen LogP contribution in [0.25, 0.3) is 21.4 Å². The second kappa shape index (κ2) is 7.12. The van der Waals surface area contributed by atoms with Crippen molar-refractivity contribution < 1.29 is 9.21 Å². The van der Waals surface area contributed by atoms with Gasteiger partial charge in [-0.1, -0.05) is 23.3 Å². The fraction of sp³-hybridized carbons (Fsp3) is 0.286. The normalized spacial score (nSPS) is 10.1. The number of unbranched alkanes of at least 4 members (excludes halogenated alkanes) is 1. The van der Waals surface area contributed by atoms with Gasteiger partial charge in [-0.05, 0) is 30.5 Å². The van der Waals surface area contributed by atoms with Crippen LogP contribution in [0.2, 0.25) is 0 Å². The first-order valence-electron chi connectivity index (χ1n) is 6.54. The molecule has 21 heavy (non-hydrogen) atoms. The minimum atomic E-state index is -0.653. The van der Waals surface area contributed by atoms with Gasteiger partial charge in [-0.2, -0.15) is 0 Å². The summed E-state index contributed by atoms with van der Waals surface area (Å²) in [5.41, 5.74) is 7.91. The third kappa shape index (κ3) is 3.84. The first kappa shape index (κ1) is 14.6. The Labute approximate surface area is 120 Å². The Hall–Kier alpha value is -2.79. The summed E-state index contributed by atoms with van der Waals surface area (Å²) in [6, 6.07) is 8.54. The van der Waals surface area contributed by atoms with E-state index in [1.807, 2.05) is 0 Å². The van der Waals surface area contributed by atoms with Crippen molar-refractivity contribution in [3.8, 4) is 0 Å². The predicted molar refractivity (Wildman–Crippen MR) is 78.1 cm³/mol. The maximum atomic E-state index is 11.9. The summed E-state index contributed by atoms with van der Waals surface area (Å²) < 4.78 is 5.10. The molecule has 1 amide bonds. The van der Waals surface area contributed by atoms with Gasteiger partial charge in [0.25, 0.3) is 5.91 Å². The number of fused-ring (bicyclic) bond motifs is 1. The number of hydrogen-bond donors (Lipinski definition) is 1. The van der Waals surface area contributed by atoms with E-state index in [1.54, 1.807) is 24.3 Å². The molecule has 0 spiro atoms. The van der Waals surface area contributed by atoms with Crippen molar-refractivity contribution in [1.82, 2.24) is 5.32 Å². The summed E-state index contributed by atoms with van der Waals surface area (Å²) in [4.78, 5) is 26.4. The van der Waals surface area contributed by atoms with Crippen molar-refractivity contribution >= 4 is 16.9 Å². The van der Waals surface area contributed by atoms with Gasteiger partial charge in [-0.25, -0.2) is 4.79 Å². The van der Waals surface area contributed by atoms with Crippen LogP contribution in [0.1, 0.15) is 23.2 Å². The first-order chi connectivity index (χ1) is 10.2. The van der Waals surface area contributed by atoms with Crippen LogP contribution in [-0.2, 0) is 0 Å². The molecular formula is C14H14N4O3. The lowest BCUT2D eigenvalue weighted by atomic mass is 10.2. The average Bonchev–Trinajstić information content (AvgIpc) is 2.49. The summed E-state index contributed by atoms with van der Waals surface area (Å²) in [5, 5.41) is 6.75. The Morgan fingerprint density at radius 2 is 2.14 bits per heavy atom. The molecule has 0 aliphatic carbocycles. The summed E-state index contributed by atoms with van der Waals surface area (Å²) in [6.07, 6.45) is 1.35. The second-order valence-corrected chi connectivity index (χ2v) is 4.40. The second-order valence-electron chi connectivity index (χ2n) is 4.40. The van der Waals surface area contributed by atoms with Crippen LogP contribution >= 0.6 is 0 Å². The van der Waals surface area contributed by atoms with Gasteiger partial charge in [0.05, 0.1) is 0 Å². The molecule has 0 fully saturated rings. The molecular weight excluding hydrogens is 272 g/mol. The summed E-state index contributed by atoms with van der Waals surface area (Å²) in [6.45, 7) is 0.802. The SMILES string of the molecule is [N-]=[N+]=NCCCCNC(=O)c1cc2ccccc2oc1=O. The molecule has 2 aromatic rings. The molecule has 0 unspecified atom stereocenters. The summed E-state index contributed by atoms with van der Waals surface area (Å²) >= 11 is 0. The van der Waals surface area contributed by atoms with Crippen molar-refractivity contribution in [2.24, 2.45) is 5.11 Å². The zero-order valence-electron chi connectivity index (χ0n) is 11.3. The molecule has 0 aliphatic rings. The zero-order chi connectivity index (χ0) is 15.1. The number of benzene rings is 1. The first-order valence-corrected chi connectivity index (χ1v) is 6.54. The van der Waals surface area contributed by atoms with Crippen LogP contribution in [0.5, 0.6) is 0 Å². The van der Waals surface area contributed by atoms with Gasteiger partial charge in [0, 0.05) is 23.4 Å². The number of nitrogens with one attached hydrogen (secondary N) is 1.